The van der Waals surface area contributed by atoms with Crippen LogP contribution in [0.15, 0.2) is 33.8 Å². The highest BCUT2D eigenvalue weighted by molar-refractivity contribution is 9.10. The summed E-state index contributed by atoms with van der Waals surface area (Å²) in [4.78, 5) is 12.1. The predicted octanol–water partition coefficient (Wildman–Crippen LogP) is 3.73. The zero-order valence-corrected chi connectivity index (χ0v) is 13.2. The van der Waals surface area contributed by atoms with Crippen molar-refractivity contribution < 1.29 is 4.79 Å². The molecular weight excluding hydrogens is 316 g/mol. The van der Waals surface area contributed by atoms with E-state index in [-0.39, 0.29) is 11.8 Å². The Kier molecular flexibility index (Phi) is 3.92. The van der Waals surface area contributed by atoms with Gasteiger partial charge >= 0.3 is 0 Å². The summed E-state index contributed by atoms with van der Waals surface area (Å²) >= 11 is 3.41. The van der Waals surface area contributed by atoms with Crippen LogP contribution >= 0.6 is 15.9 Å². The Morgan fingerprint density at radius 2 is 1.80 bits per heavy atom. The Morgan fingerprint density at radius 1 is 1.20 bits per heavy atom. The maximum absolute atomic E-state index is 12.1. The lowest BCUT2D eigenvalue weighted by molar-refractivity contribution is -0.122. The number of hydrogen-bond acceptors (Lipinski definition) is 2. The maximum atomic E-state index is 12.1. The first-order chi connectivity index (χ1) is 9.66. The molecular formula is C16H19BrN2O. The number of hydrazone groups is 1. The lowest BCUT2D eigenvalue weighted by Crippen LogP contribution is -2.22. The number of fused-ring (bicyclic) bond motifs is 1. The van der Waals surface area contributed by atoms with Gasteiger partial charge in [0.25, 0.3) is 0 Å². The standard InChI is InChI=1S/C16H19BrN2O/c1-10(11-6-8-12(17)9-7-11)18-19-16(20)15-13-4-2-3-5-14(13)15/h6-9,13-15H,2-5H2,1H3,(H,19,20)/b18-10+/t13-,14-/m1/s1. The SMILES string of the molecule is C/C(=N\NC(=O)C1[C@@H]2CCCC[C@@H]12)c1ccc(Br)cc1. The third-order valence-electron chi connectivity index (χ3n) is 4.56. The summed E-state index contributed by atoms with van der Waals surface area (Å²) in [6.45, 7) is 1.92. The normalized spacial score (nSPS) is 28.7. The topological polar surface area (TPSA) is 41.5 Å². The number of hydrogen-bond donors (Lipinski definition) is 1. The van der Waals surface area contributed by atoms with Crippen LogP contribution in [0.2, 0.25) is 0 Å². The first-order valence-corrected chi connectivity index (χ1v) is 8.06. The van der Waals surface area contributed by atoms with Gasteiger partial charge < -0.3 is 0 Å². The minimum atomic E-state index is 0.110. The van der Waals surface area contributed by atoms with Gasteiger partial charge in [0.1, 0.15) is 0 Å². The molecule has 2 aliphatic rings. The van der Waals surface area contributed by atoms with Gasteiger partial charge in [0.15, 0.2) is 0 Å². The zero-order valence-electron chi connectivity index (χ0n) is 11.6. The van der Waals surface area contributed by atoms with Gasteiger partial charge in [-0.2, -0.15) is 5.10 Å². The molecule has 1 amide bonds. The van der Waals surface area contributed by atoms with Crippen molar-refractivity contribution >= 4 is 27.5 Å². The van der Waals surface area contributed by atoms with E-state index in [4.69, 9.17) is 0 Å². The number of amides is 1. The minimum absolute atomic E-state index is 0.110. The third kappa shape index (κ3) is 2.80. The van der Waals surface area contributed by atoms with Crippen LogP contribution in [0.1, 0.15) is 38.2 Å². The lowest BCUT2D eigenvalue weighted by atomic mass is 10.0. The van der Waals surface area contributed by atoms with E-state index in [1.165, 1.54) is 25.7 Å². The molecule has 4 heteroatoms. The summed E-state index contributed by atoms with van der Waals surface area (Å²) in [6, 6.07) is 7.94. The molecule has 0 saturated heterocycles. The smallest absolute Gasteiger partial charge is 0.243 e. The summed E-state index contributed by atoms with van der Waals surface area (Å²) in [5.41, 5.74) is 4.62. The van der Waals surface area contributed by atoms with Gasteiger partial charge in [-0.25, -0.2) is 5.43 Å². The van der Waals surface area contributed by atoms with Crippen LogP contribution in [0.3, 0.4) is 0 Å². The van der Waals surface area contributed by atoms with Gasteiger partial charge in [0, 0.05) is 10.4 Å². The van der Waals surface area contributed by atoms with Crippen LogP contribution in [0.4, 0.5) is 0 Å². The number of nitrogens with one attached hydrogen (secondary N) is 1. The molecule has 3 nitrogen and oxygen atoms in total. The van der Waals surface area contributed by atoms with Crippen molar-refractivity contribution in [3.63, 3.8) is 0 Å². The lowest BCUT2D eigenvalue weighted by Gasteiger charge is -2.04. The quantitative estimate of drug-likeness (QED) is 0.664. The molecule has 0 unspecified atom stereocenters. The highest BCUT2D eigenvalue weighted by Gasteiger charge is 2.54. The largest absolute Gasteiger partial charge is 0.273 e. The van der Waals surface area contributed by atoms with Crippen molar-refractivity contribution in [3.8, 4) is 0 Å². The fraction of sp³-hybridized carbons (Fsp3) is 0.500. The monoisotopic (exact) mass is 334 g/mol. The highest BCUT2D eigenvalue weighted by atomic mass is 79.9. The molecule has 0 bridgehead atoms. The van der Waals surface area contributed by atoms with Gasteiger partial charge in [-0.3, -0.25) is 4.79 Å². The Balaban J connectivity index is 1.59. The van der Waals surface area contributed by atoms with Gasteiger partial charge in [-0.05, 0) is 49.3 Å². The van der Waals surface area contributed by atoms with E-state index in [2.05, 4.69) is 26.5 Å². The number of halogens is 1. The van der Waals surface area contributed by atoms with E-state index in [1.54, 1.807) is 0 Å². The molecule has 0 aliphatic heterocycles. The zero-order chi connectivity index (χ0) is 14.1. The van der Waals surface area contributed by atoms with Gasteiger partial charge in [-0.15, -0.1) is 0 Å². The molecule has 3 rings (SSSR count). The molecule has 20 heavy (non-hydrogen) atoms. The van der Waals surface area contributed by atoms with Crippen molar-refractivity contribution in [2.45, 2.75) is 32.6 Å². The molecule has 0 heterocycles. The Hall–Kier alpha value is -1.16. The van der Waals surface area contributed by atoms with Crippen molar-refractivity contribution in [3.05, 3.63) is 34.3 Å². The van der Waals surface area contributed by atoms with E-state index in [0.717, 1.165) is 15.7 Å². The average Bonchev–Trinajstić information content (AvgIpc) is 3.19. The molecule has 0 radical (unpaired) electrons. The average molecular weight is 335 g/mol. The van der Waals surface area contributed by atoms with Crippen LogP contribution in [0.5, 0.6) is 0 Å². The number of rotatable bonds is 3. The second kappa shape index (κ2) is 5.68. The number of carbonyl (C=O) groups is 1. The fourth-order valence-corrected chi connectivity index (χ4v) is 3.61. The molecule has 2 aliphatic carbocycles. The summed E-state index contributed by atoms with van der Waals surface area (Å²) in [5.74, 6) is 1.59. The van der Waals surface area contributed by atoms with E-state index < -0.39 is 0 Å². The maximum Gasteiger partial charge on any atom is 0.243 e. The minimum Gasteiger partial charge on any atom is -0.273 e. The molecule has 2 fully saturated rings. The molecule has 106 valence electrons. The number of carbonyl (C=O) groups excluding carboxylic acids is 1. The first kappa shape index (κ1) is 13.8. The van der Waals surface area contributed by atoms with Crippen molar-refractivity contribution in [2.75, 3.05) is 0 Å². The van der Waals surface area contributed by atoms with Gasteiger partial charge in [0.2, 0.25) is 5.91 Å². The molecule has 1 aromatic carbocycles. The number of benzene rings is 1. The Labute approximate surface area is 128 Å². The van der Waals surface area contributed by atoms with Crippen LogP contribution in [0.25, 0.3) is 0 Å². The Morgan fingerprint density at radius 3 is 2.40 bits per heavy atom. The molecule has 1 N–H and O–H groups in total. The predicted molar refractivity (Wildman–Crippen MR) is 83.4 cm³/mol. The molecule has 0 spiro atoms. The summed E-state index contributed by atoms with van der Waals surface area (Å²) in [6.07, 6.45) is 5.01. The molecule has 1 aromatic rings. The Bertz CT molecular complexity index is 526. The van der Waals surface area contributed by atoms with Crippen molar-refractivity contribution in [2.24, 2.45) is 22.9 Å². The van der Waals surface area contributed by atoms with Crippen LogP contribution in [0, 0.1) is 17.8 Å². The van der Waals surface area contributed by atoms with Crippen LogP contribution in [-0.2, 0) is 4.79 Å². The molecule has 2 atom stereocenters. The second-order valence-electron chi connectivity index (χ2n) is 5.82. The molecule has 0 aromatic heterocycles. The van der Waals surface area contributed by atoms with E-state index in [9.17, 15) is 4.79 Å². The fourth-order valence-electron chi connectivity index (χ4n) is 3.35. The number of nitrogens with zero attached hydrogens (tertiary/aromatic N) is 1. The van der Waals surface area contributed by atoms with E-state index in [0.29, 0.717) is 11.8 Å². The summed E-state index contributed by atoms with van der Waals surface area (Å²) < 4.78 is 1.04. The van der Waals surface area contributed by atoms with Gasteiger partial charge in [0.05, 0.1) is 5.71 Å². The summed E-state index contributed by atoms with van der Waals surface area (Å²) in [7, 11) is 0. The summed E-state index contributed by atoms with van der Waals surface area (Å²) in [5, 5.41) is 4.24. The second-order valence-corrected chi connectivity index (χ2v) is 6.73. The van der Waals surface area contributed by atoms with Crippen molar-refractivity contribution in [1.82, 2.24) is 5.43 Å². The van der Waals surface area contributed by atoms with Crippen molar-refractivity contribution in [1.29, 1.82) is 0 Å². The third-order valence-corrected chi connectivity index (χ3v) is 5.08. The van der Waals surface area contributed by atoms with Crippen LogP contribution < -0.4 is 5.43 Å². The molecule has 2 saturated carbocycles. The van der Waals surface area contributed by atoms with E-state index in [1.807, 2.05) is 31.2 Å². The van der Waals surface area contributed by atoms with Gasteiger partial charge in [-0.1, -0.05) is 40.9 Å². The van der Waals surface area contributed by atoms with E-state index >= 15 is 0 Å². The first-order valence-electron chi connectivity index (χ1n) is 7.27. The van der Waals surface area contributed by atoms with Crippen LogP contribution in [-0.4, -0.2) is 11.6 Å². The highest BCUT2D eigenvalue weighted by Crippen LogP contribution is 2.55.